The highest BCUT2D eigenvalue weighted by molar-refractivity contribution is 6.50. The van der Waals surface area contributed by atoms with Crippen LogP contribution in [-0.2, 0) is 9.53 Å². The van der Waals surface area contributed by atoms with E-state index < -0.39 is 18.9 Å². The van der Waals surface area contributed by atoms with Gasteiger partial charge in [-0.15, -0.1) is 0 Å². The molecule has 22 heavy (non-hydrogen) atoms. The van der Waals surface area contributed by atoms with Crippen LogP contribution in [0.1, 0.15) is 6.92 Å². The number of hydrogen-bond acceptors (Lipinski definition) is 4. The first-order valence-electron chi connectivity index (χ1n) is 5.93. The summed E-state index contributed by atoms with van der Waals surface area (Å²) in [5.74, 6) is -0.799. The van der Waals surface area contributed by atoms with Crippen molar-refractivity contribution in [2.45, 2.75) is 6.92 Å². The SMILES string of the molecule is CCOC(=O)C(C#N)=N[O+]=C(NC)[N+](C)(C)C.F[B-](F)(F)F. The fourth-order valence-electron chi connectivity index (χ4n) is 0.895. The highest BCUT2D eigenvalue weighted by Gasteiger charge is 2.31. The number of nitriles is 1. The van der Waals surface area contributed by atoms with Crippen LogP contribution in [0.15, 0.2) is 5.16 Å². The van der Waals surface area contributed by atoms with Gasteiger partial charge in [0, 0.05) is 11.6 Å². The summed E-state index contributed by atoms with van der Waals surface area (Å²) in [7, 11) is 1.19. The maximum absolute atomic E-state index is 11.2. The van der Waals surface area contributed by atoms with Crippen molar-refractivity contribution in [2.24, 2.45) is 5.16 Å². The van der Waals surface area contributed by atoms with Crippen LogP contribution >= 0.6 is 0 Å². The third kappa shape index (κ3) is 12.9. The average Bonchev–Trinajstić information content (AvgIpc) is 2.31. The molecule has 0 radical (unpaired) electrons. The topological polar surface area (TPSA) is 85.8 Å². The number of carbonyl (C=O) groups excluding carboxylic acids is 2. The van der Waals surface area contributed by atoms with Crippen molar-refractivity contribution in [1.29, 1.82) is 5.26 Å². The third-order valence-corrected chi connectivity index (χ3v) is 1.62. The van der Waals surface area contributed by atoms with E-state index in [1.54, 1.807) is 20.0 Å². The van der Waals surface area contributed by atoms with E-state index in [0.29, 0.717) is 10.5 Å². The normalized spacial score (nSPS) is 12.7. The zero-order chi connectivity index (χ0) is 18.0. The number of hydrogen-bond donors (Lipinski definition) is 1. The smallest absolute Gasteiger partial charge is 0.460 e. The molecule has 0 aromatic heterocycles. The van der Waals surface area contributed by atoms with Crippen molar-refractivity contribution in [2.75, 3.05) is 34.8 Å². The zero-order valence-electron chi connectivity index (χ0n) is 12.9. The lowest BCUT2D eigenvalue weighted by atomic mass is 10.3. The van der Waals surface area contributed by atoms with Crippen LogP contribution in [0.5, 0.6) is 0 Å². The number of oxime groups is 1. The van der Waals surface area contributed by atoms with Crippen molar-refractivity contribution in [3.8, 4) is 6.07 Å². The van der Waals surface area contributed by atoms with Gasteiger partial charge in [-0.25, -0.2) is 4.79 Å². The molecular formula is C10H18BF4N4O3+. The first kappa shape index (κ1) is 22.1. The molecule has 0 unspecified atom stereocenters. The highest BCUT2D eigenvalue weighted by Crippen LogP contribution is 2.06. The maximum Gasteiger partial charge on any atom is 0.673 e. The van der Waals surface area contributed by atoms with Gasteiger partial charge in [0.15, 0.2) is 5.16 Å². The fraction of sp³-hybridized carbons (Fsp3) is 0.600. The molecule has 1 N–H and O–H groups in total. The van der Waals surface area contributed by atoms with Gasteiger partial charge in [0.05, 0.1) is 27.7 Å². The van der Waals surface area contributed by atoms with E-state index in [4.69, 9.17) is 9.79 Å². The Morgan fingerprint density at radius 1 is 1.36 bits per heavy atom. The molecular weight excluding hydrogens is 311 g/mol. The molecule has 0 rings (SSSR count). The molecule has 126 valence electrons. The molecule has 0 bridgehead atoms. The Kier molecular flexibility index (Phi) is 9.78. The van der Waals surface area contributed by atoms with E-state index in [1.165, 1.54) is 0 Å². The lowest BCUT2D eigenvalue weighted by Crippen LogP contribution is -2.47. The Morgan fingerprint density at radius 2 is 1.82 bits per heavy atom. The van der Waals surface area contributed by atoms with Gasteiger partial charge in [-0.3, -0.25) is 5.32 Å². The van der Waals surface area contributed by atoms with E-state index in [9.17, 15) is 22.1 Å². The van der Waals surface area contributed by atoms with Crippen LogP contribution < -0.4 is 5.32 Å². The minimum atomic E-state index is -6.00. The molecule has 0 aliphatic carbocycles. The molecule has 0 heterocycles. The van der Waals surface area contributed by atoms with Gasteiger partial charge in [-0.1, -0.05) is 0 Å². The molecule has 0 atom stereocenters. The second-order valence-corrected chi connectivity index (χ2v) is 4.43. The number of quaternary nitrogens is 1. The molecule has 12 heteroatoms. The van der Waals surface area contributed by atoms with Gasteiger partial charge in [0.1, 0.15) is 6.07 Å². The van der Waals surface area contributed by atoms with Crippen molar-refractivity contribution < 1.29 is 35.8 Å². The highest BCUT2D eigenvalue weighted by atomic mass is 19.5. The summed E-state index contributed by atoms with van der Waals surface area (Å²) in [5.41, 5.74) is -0.423. The molecule has 0 aromatic carbocycles. The fourth-order valence-corrected chi connectivity index (χ4v) is 0.895. The van der Waals surface area contributed by atoms with E-state index in [1.807, 2.05) is 21.1 Å². The monoisotopic (exact) mass is 329 g/mol. The Bertz CT molecular complexity index is 460. The van der Waals surface area contributed by atoms with Crippen molar-refractivity contribution >= 4 is 25.0 Å². The predicted molar refractivity (Wildman–Crippen MR) is 72.4 cm³/mol. The molecule has 0 aromatic rings. The van der Waals surface area contributed by atoms with Gasteiger partial charge < -0.3 is 22.0 Å². The summed E-state index contributed by atoms with van der Waals surface area (Å²) < 4.78 is 49.0. The Hall–Kier alpha value is -2.16. The quantitative estimate of drug-likeness (QED) is 0.161. The Balaban J connectivity index is 0. The Morgan fingerprint density at radius 3 is 2.09 bits per heavy atom. The van der Waals surface area contributed by atoms with Crippen LogP contribution in [0.3, 0.4) is 0 Å². The summed E-state index contributed by atoms with van der Waals surface area (Å²) in [4.78, 5) is 11.2. The molecule has 0 saturated carbocycles. The molecule has 2 amide bonds. The number of carbonyl (C=O) groups is 1. The number of amides is 2. The number of esters is 1. The van der Waals surface area contributed by atoms with Crippen LogP contribution in [0.2, 0.25) is 0 Å². The first-order valence-corrected chi connectivity index (χ1v) is 5.93. The van der Waals surface area contributed by atoms with E-state index in [0.717, 1.165) is 0 Å². The lowest BCUT2D eigenvalue weighted by molar-refractivity contribution is -0.791. The van der Waals surface area contributed by atoms with Gasteiger partial charge in [0.25, 0.3) is 0 Å². The van der Waals surface area contributed by atoms with Crippen molar-refractivity contribution in [1.82, 2.24) is 5.32 Å². The minimum Gasteiger partial charge on any atom is -0.460 e. The summed E-state index contributed by atoms with van der Waals surface area (Å²) in [5, 5.41) is 15.0. The molecule has 0 spiro atoms. The van der Waals surface area contributed by atoms with E-state index in [2.05, 4.69) is 15.2 Å². The molecule has 0 aliphatic heterocycles. The third-order valence-electron chi connectivity index (χ3n) is 1.62. The number of rotatable bonds is 3. The van der Waals surface area contributed by atoms with Gasteiger partial charge >= 0.3 is 25.0 Å². The minimum absolute atomic E-state index is 0.178. The number of urea groups is 1. The van der Waals surface area contributed by atoms with Crippen LogP contribution in [-0.4, -0.2) is 64.2 Å². The van der Waals surface area contributed by atoms with Crippen molar-refractivity contribution in [3.63, 3.8) is 0 Å². The zero-order valence-corrected chi connectivity index (χ0v) is 12.9. The van der Waals surface area contributed by atoms with E-state index >= 15 is 0 Å². The van der Waals surface area contributed by atoms with Gasteiger partial charge in [-0.2, -0.15) is 9.74 Å². The molecule has 0 saturated heterocycles. The standard InChI is InChI=1S/C10H17N4O3.BF4/c1-6-16-9(15)8(7-11)13-17-10(12-2)14(3,4)5;2-1(3,4)5/h6H2,1-5H3;/q+1;-1/p+1. The van der Waals surface area contributed by atoms with Crippen LogP contribution in [0, 0.1) is 11.3 Å². The van der Waals surface area contributed by atoms with Gasteiger partial charge in [-0.05, 0) is 6.92 Å². The summed E-state index contributed by atoms with van der Waals surface area (Å²) >= 11 is 0. The largest absolute Gasteiger partial charge is 0.673 e. The molecule has 0 aliphatic rings. The van der Waals surface area contributed by atoms with Crippen molar-refractivity contribution in [3.05, 3.63) is 0 Å². The summed E-state index contributed by atoms with van der Waals surface area (Å²) in [6, 6.07) is 2.01. The van der Waals surface area contributed by atoms with Gasteiger partial charge in [0.2, 0.25) is 0 Å². The van der Waals surface area contributed by atoms with Crippen LogP contribution in [0.4, 0.5) is 21.8 Å². The summed E-state index contributed by atoms with van der Waals surface area (Å²) in [6.45, 7) is 1.82. The second-order valence-electron chi connectivity index (χ2n) is 4.43. The average molecular weight is 329 g/mol. The van der Waals surface area contributed by atoms with E-state index in [-0.39, 0.29) is 6.61 Å². The number of nitrogens with one attached hydrogen (secondary N) is 1. The summed E-state index contributed by atoms with van der Waals surface area (Å²) in [6.07, 6.45) is 0. The molecule has 0 fully saturated rings. The first-order chi connectivity index (χ1) is 9.86. The number of ether oxygens (including phenoxy) is 1. The maximum atomic E-state index is 11.2. The lowest BCUT2D eigenvalue weighted by Gasteiger charge is -2.12. The second kappa shape index (κ2) is 9.72. The predicted octanol–water partition coefficient (Wildman–Crippen LogP) is 1.31. The molecule has 7 nitrogen and oxygen atoms in total. The van der Waals surface area contributed by atoms with Crippen LogP contribution in [0.25, 0.3) is 0 Å². The number of nitrogens with zero attached hydrogens (tertiary/aromatic N) is 3. The number of halogens is 4. The Labute approximate surface area is 125 Å².